The van der Waals surface area contributed by atoms with Crippen molar-refractivity contribution in [3.05, 3.63) is 42.2 Å². The van der Waals surface area contributed by atoms with E-state index in [9.17, 15) is 4.79 Å². The van der Waals surface area contributed by atoms with Crippen molar-refractivity contribution in [3.63, 3.8) is 0 Å². The Balaban J connectivity index is 1.39. The van der Waals surface area contributed by atoms with Gasteiger partial charge in [-0.1, -0.05) is 36.3 Å². The number of hydrogen-bond donors (Lipinski definition) is 3. The third-order valence-electron chi connectivity index (χ3n) is 4.26. The summed E-state index contributed by atoms with van der Waals surface area (Å²) in [5.41, 5.74) is 7.07. The third-order valence-corrected chi connectivity index (χ3v) is 4.50. The van der Waals surface area contributed by atoms with E-state index < -0.39 is 0 Å². The highest BCUT2D eigenvalue weighted by molar-refractivity contribution is 7.80. The number of nitrogens with zero attached hydrogens (tertiary/aromatic N) is 3. The maximum atomic E-state index is 11.9. The van der Waals surface area contributed by atoms with E-state index in [-0.39, 0.29) is 5.91 Å². The highest BCUT2D eigenvalue weighted by Crippen LogP contribution is 2.27. The highest BCUT2D eigenvalue weighted by Gasteiger charge is 2.18. The molecule has 1 amide bonds. The Morgan fingerprint density at radius 1 is 1.20 bits per heavy atom. The molecule has 7 nitrogen and oxygen atoms in total. The number of rotatable bonds is 5. The summed E-state index contributed by atoms with van der Waals surface area (Å²) in [6, 6.07) is 9.76. The Morgan fingerprint density at radius 3 is 2.72 bits per heavy atom. The van der Waals surface area contributed by atoms with Crippen LogP contribution in [0, 0.1) is 5.92 Å². The lowest BCUT2D eigenvalue weighted by Gasteiger charge is -2.12. The summed E-state index contributed by atoms with van der Waals surface area (Å²) in [7, 11) is 0. The summed E-state index contributed by atoms with van der Waals surface area (Å²) >= 11 is 5.16. The van der Waals surface area contributed by atoms with Crippen LogP contribution in [0.2, 0.25) is 0 Å². The number of amides is 1. The van der Waals surface area contributed by atoms with E-state index in [1.165, 1.54) is 12.8 Å². The number of carbonyl (C=O) groups excluding carboxylic acids is 1. The summed E-state index contributed by atoms with van der Waals surface area (Å²) in [6.07, 6.45) is 7.15. The molecule has 1 aliphatic carbocycles. The largest absolute Gasteiger partial charge is 0.356 e. The molecule has 1 aromatic carbocycles. The predicted molar refractivity (Wildman–Crippen MR) is 98.7 cm³/mol. The van der Waals surface area contributed by atoms with Crippen molar-refractivity contribution in [2.24, 2.45) is 5.92 Å². The van der Waals surface area contributed by atoms with Gasteiger partial charge in [0.05, 0.1) is 18.4 Å². The maximum absolute atomic E-state index is 11.9. The number of carbonyl (C=O) groups is 1. The van der Waals surface area contributed by atoms with Crippen molar-refractivity contribution in [3.8, 4) is 5.69 Å². The molecule has 3 N–H and O–H groups in total. The average molecular weight is 358 g/mol. The van der Waals surface area contributed by atoms with Crippen molar-refractivity contribution >= 4 is 23.2 Å². The van der Waals surface area contributed by atoms with Crippen LogP contribution in [0.25, 0.3) is 5.69 Å². The maximum Gasteiger partial charge on any atom is 0.238 e. The average Bonchev–Trinajstić information content (AvgIpc) is 3.31. The first-order valence-corrected chi connectivity index (χ1v) is 8.91. The first-order valence-electron chi connectivity index (χ1n) is 8.50. The van der Waals surface area contributed by atoms with Gasteiger partial charge in [0.15, 0.2) is 5.11 Å². The lowest BCUT2D eigenvalue weighted by atomic mass is 10.0. The second-order valence-electron chi connectivity index (χ2n) is 6.20. The summed E-state index contributed by atoms with van der Waals surface area (Å²) in [5.74, 6) is 0.488. The number of hydrazine groups is 1. The molecule has 1 saturated carbocycles. The molecular weight excluding hydrogens is 336 g/mol. The monoisotopic (exact) mass is 358 g/mol. The second-order valence-corrected chi connectivity index (χ2v) is 6.61. The molecule has 3 rings (SSSR count). The smallest absolute Gasteiger partial charge is 0.238 e. The molecule has 2 aromatic rings. The Labute approximate surface area is 152 Å². The van der Waals surface area contributed by atoms with Crippen molar-refractivity contribution < 1.29 is 4.79 Å². The number of thiocarbonyl (C=S) groups is 1. The van der Waals surface area contributed by atoms with E-state index in [2.05, 4.69) is 26.5 Å². The van der Waals surface area contributed by atoms with Crippen molar-refractivity contribution in [1.82, 2.24) is 31.2 Å². The molecule has 1 aliphatic rings. The van der Waals surface area contributed by atoms with Crippen LogP contribution >= 0.6 is 12.2 Å². The Morgan fingerprint density at radius 2 is 1.96 bits per heavy atom. The van der Waals surface area contributed by atoms with Crippen LogP contribution in [0.5, 0.6) is 0 Å². The molecule has 8 heteroatoms. The zero-order valence-electron chi connectivity index (χ0n) is 13.9. The van der Waals surface area contributed by atoms with Gasteiger partial charge < -0.3 is 5.32 Å². The van der Waals surface area contributed by atoms with Crippen LogP contribution in [0.15, 0.2) is 36.5 Å². The predicted octanol–water partition coefficient (Wildman–Crippen LogP) is 1.84. The van der Waals surface area contributed by atoms with Crippen LogP contribution in [0.4, 0.5) is 0 Å². The van der Waals surface area contributed by atoms with E-state index >= 15 is 0 Å². The summed E-state index contributed by atoms with van der Waals surface area (Å²) in [5, 5.41) is 11.6. The summed E-state index contributed by atoms with van der Waals surface area (Å²) < 4.78 is 1.71. The second kappa shape index (κ2) is 8.57. The fourth-order valence-electron chi connectivity index (χ4n) is 2.96. The van der Waals surface area contributed by atoms with Gasteiger partial charge in [-0.25, -0.2) is 4.68 Å². The molecule has 0 bridgehead atoms. The van der Waals surface area contributed by atoms with E-state index in [4.69, 9.17) is 12.2 Å². The fourth-order valence-corrected chi connectivity index (χ4v) is 3.08. The zero-order chi connectivity index (χ0) is 17.5. The molecule has 25 heavy (non-hydrogen) atoms. The molecule has 1 heterocycles. The van der Waals surface area contributed by atoms with E-state index in [1.807, 2.05) is 36.5 Å². The van der Waals surface area contributed by atoms with Crippen molar-refractivity contribution in [1.29, 1.82) is 0 Å². The molecular formula is C17H22N6OS. The van der Waals surface area contributed by atoms with Gasteiger partial charge in [-0.2, -0.15) is 0 Å². The topological polar surface area (TPSA) is 83.9 Å². The first-order chi connectivity index (χ1) is 12.2. The molecule has 0 unspecified atom stereocenters. The third kappa shape index (κ3) is 5.25. The first kappa shape index (κ1) is 17.3. The number of benzene rings is 1. The lowest BCUT2D eigenvalue weighted by Crippen LogP contribution is -2.46. The van der Waals surface area contributed by atoms with Gasteiger partial charge in [0.25, 0.3) is 0 Å². The van der Waals surface area contributed by atoms with Gasteiger partial charge in [-0.05, 0) is 43.1 Å². The van der Waals surface area contributed by atoms with Gasteiger partial charge in [0.2, 0.25) is 5.91 Å². The van der Waals surface area contributed by atoms with E-state index in [0.717, 1.165) is 24.2 Å². The minimum Gasteiger partial charge on any atom is -0.356 e. The number of nitrogens with one attached hydrogen (secondary N) is 3. The zero-order valence-corrected chi connectivity index (χ0v) is 14.8. The summed E-state index contributed by atoms with van der Waals surface area (Å²) in [6.45, 7) is 0.428. The van der Waals surface area contributed by atoms with Crippen LogP contribution < -0.4 is 16.2 Å². The Bertz CT molecular complexity index is 711. The molecule has 132 valence electrons. The molecule has 0 saturated heterocycles. The van der Waals surface area contributed by atoms with Gasteiger partial charge >= 0.3 is 0 Å². The van der Waals surface area contributed by atoms with Crippen molar-refractivity contribution in [2.45, 2.75) is 38.6 Å². The van der Waals surface area contributed by atoms with Gasteiger partial charge in [0.1, 0.15) is 5.69 Å². The van der Waals surface area contributed by atoms with Crippen LogP contribution in [0.1, 0.15) is 37.8 Å². The fraction of sp³-hybridized carbons (Fsp3) is 0.412. The number of hydrogen-bond acceptors (Lipinski definition) is 4. The van der Waals surface area contributed by atoms with Crippen LogP contribution in [-0.2, 0) is 11.3 Å². The molecule has 1 aromatic heterocycles. The Hall–Kier alpha value is -2.48. The number of aromatic nitrogens is 3. The Kier molecular flexibility index (Phi) is 5.95. The standard InChI is InChI=1S/C17H22N6OS/c24-16(10-13-6-4-5-7-13)20-21-17(25)18-11-14-12-23(22-19-14)15-8-2-1-3-9-15/h1-3,8-9,12-13H,4-7,10-11H2,(H,20,24)(H2,18,21,25). The molecule has 0 aliphatic heterocycles. The molecule has 0 atom stereocenters. The van der Waals surface area contributed by atoms with E-state index in [1.54, 1.807) is 4.68 Å². The number of para-hydroxylation sites is 1. The highest BCUT2D eigenvalue weighted by atomic mass is 32.1. The normalized spacial score (nSPS) is 14.2. The van der Waals surface area contributed by atoms with Gasteiger partial charge in [-0.3, -0.25) is 15.6 Å². The van der Waals surface area contributed by atoms with Crippen LogP contribution in [0.3, 0.4) is 0 Å². The molecule has 1 fully saturated rings. The molecule has 0 radical (unpaired) electrons. The van der Waals surface area contributed by atoms with E-state index in [0.29, 0.717) is 24.0 Å². The SMILES string of the molecule is O=C(CC1CCCC1)NNC(=S)NCc1cn(-c2ccccc2)nn1. The lowest BCUT2D eigenvalue weighted by molar-refractivity contribution is -0.122. The minimum absolute atomic E-state index is 0.0222. The summed E-state index contributed by atoms with van der Waals surface area (Å²) in [4.78, 5) is 11.9. The van der Waals surface area contributed by atoms with Crippen LogP contribution in [-0.4, -0.2) is 26.0 Å². The van der Waals surface area contributed by atoms with Crippen molar-refractivity contribution in [2.75, 3.05) is 0 Å². The molecule has 0 spiro atoms. The van der Waals surface area contributed by atoms with Gasteiger partial charge in [-0.15, -0.1) is 5.10 Å². The quantitative estimate of drug-likeness (QED) is 0.559. The van der Waals surface area contributed by atoms with Gasteiger partial charge in [0, 0.05) is 6.42 Å². The minimum atomic E-state index is -0.0222.